The molecule has 1 aliphatic rings. The van der Waals surface area contributed by atoms with Crippen molar-refractivity contribution in [1.82, 2.24) is 10.2 Å². The van der Waals surface area contributed by atoms with Crippen molar-refractivity contribution in [2.45, 2.75) is 19.5 Å². The number of rotatable bonds is 3. The molecule has 120 valence electrons. The molecule has 0 fully saturated rings. The van der Waals surface area contributed by atoms with Crippen molar-refractivity contribution in [3.05, 3.63) is 52.2 Å². The average Bonchev–Trinajstić information content (AvgIpc) is 3.05. The molecule has 0 spiro atoms. The molecule has 5 nitrogen and oxygen atoms in total. The van der Waals surface area contributed by atoms with Crippen molar-refractivity contribution >= 4 is 23.2 Å². The molecule has 23 heavy (non-hydrogen) atoms. The summed E-state index contributed by atoms with van der Waals surface area (Å²) in [4.78, 5) is 26.8. The fraction of sp³-hybridized carbons (Fsp3) is 0.294. The molecule has 1 aromatic carbocycles. The van der Waals surface area contributed by atoms with Gasteiger partial charge in [0.15, 0.2) is 0 Å². The van der Waals surface area contributed by atoms with Crippen LogP contribution < -0.4 is 10.1 Å². The third-order valence-electron chi connectivity index (χ3n) is 3.79. The number of ether oxygens (including phenoxy) is 1. The molecular formula is C17H18N2O3S. The van der Waals surface area contributed by atoms with E-state index in [1.54, 1.807) is 11.0 Å². The number of hydrogen-bond donors (Lipinski definition) is 1. The Balaban J connectivity index is 1.65. The van der Waals surface area contributed by atoms with E-state index in [0.29, 0.717) is 18.0 Å². The van der Waals surface area contributed by atoms with Gasteiger partial charge in [-0.3, -0.25) is 9.59 Å². The van der Waals surface area contributed by atoms with Gasteiger partial charge >= 0.3 is 0 Å². The van der Waals surface area contributed by atoms with E-state index in [9.17, 15) is 9.59 Å². The van der Waals surface area contributed by atoms with Gasteiger partial charge in [-0.1, -0.05) is 24.3 Å². The molecular weight excluding hydrogens is 312 g/mol. The summed E-state index contributed by atoms with van der Waals surface area (Å²) in [5.41, 5.74) is 0.981. The van der Waals surface area contributed by atoms with Crippen LogP contribution in [0.1, 0.15) is 22.2 Å². The maximum Gasteiger partial charge on any atom is 0.261 e. The monoisotopic (exact) mass is 330 g/mol. The minimum Gasteiger partial charge on any atom is -0.491 e. The van der Waals surface area contributed by atoms with Crippen LogP contribution in [0.2, 0.25) is 0 Å². The predicted octanol–water partition coefficient (Wildman–Crippen LogP) is 2.29. The van der Waals surface area contributed by atoms with Crippen molar-refractivity contribution in [3.63, 3.8) is 0 Å². The van der Waals surface area contributed by atoms with Gasteiger partial charge in [-0.2, -0.15) is 0 Å². The van der Waals surface area contributed by atoms with Gasteiger partial charge < -0.3 is 15.0 Å². The van der Waals surface area contributed by atoms with Gasteiger partial charge in [-0.05, 0) is 24.4 Å². The fourth-order valence-electron chi connectivity index (χ4n) is 2.50. The van der Waals surface area contributed by atoms with Gasteiger partial charge in [-0.25, -0.2) is 0 Å². The Hall–Kier alpha value is -2.34. The third-order valence-corrected chi connectivity index (χ3v) is 4.66. The zero-order valence-electron chi connectivity index (χ0n) is 12.8. The predicted molar refractivity (Wildman–Crippen MR) is 88.6 cm³/mol. The Morgan fingerprint density at radius 2 is 2.13 bits per heavy atom. The molecule has 1 aliphatic heterocycles. The summed E-state index contributed by atoms with van der Waals surface area (Å²) in [6.07, 6.45) is 0. The summed E-state index contributed by atoms with van der Waals surface area (Å²) < 4.78 is 5.75. The molecule has 1 aromatic heterocycles. The van der Waals surface area contributed by atoms with E-state index in [1.165, 1.54) is 11.3 Å². The molecule has 3 rings (SSSR count). The maximum atomic E-state index is 12.5. The number of benzene rings is 1. The summed E-state index contributed by atoms with van der Waals surface area (Å²) >= 11 is 1.36. The number of para-hydroxylation sites is 1. The smallest absolute Gasteiger partial charge is 0.261 e. The lowest BCUT2D eigenvalue weighted by Crippen LogP contribution is -2.45. The summed E-state index contributed by atoms with van der Waals surface area (Å²) in [5.74, 6) is 0.493. The van der Waals surface area contributed by atoms with Crippen LogP contribution in [-0.2, 0) is 11.3 Å². The topological polar surface area (TPSA) is 58.6 Å². The summed E-state index contributed by atoms with van der Waals surface area (Å²) in [6.45, 7) is 2.88. The molecule has 0 bridgehead atoms. The van der Waals surface area contributed by atoms with Crippen LogP contribution in [0.3, 0.4) is 0 Å². The zero-order chi connectivity index (χ0) is 16.2. The number of amides is 2. The molecule has 2 heterocycles. The number of thiophene rings is 1. The molecule has 0 saturated heterocycles. The Labute approximate surface area is 138 Å². The number of nitrogens with one attached hydrogen (secondary N) is 1. The molecule has 6 heteroatoms. The molecule has 0 unspecified atom stereocenters. The standard InChI is InChI=1S/C17H18N2O3S/c1-12-11-22-14-6-3-2-5-13(14)10-19(12)16(20)9-18-17(21)15-7-4-8-23-15/h2-8,12H,9-11H2,1H3,(H,18,21)/t12-/m1/s1. The van der Waals surface area contributed by atoms with Crippen LogP contribution in [0, 0.1) is 0 Å². The maximum absolute atomic E-state index is 12.5. The van der Waals surface area contributed by atoms with E-state index in [4.69, 9.17) is 4.74 Å². The van der Waals surface area contributed by atoms with Gasteiger partial charge in [0.25, 0.3) is 5.91 Å². The molecule has 0 radical (unpaired) electrons. The van der Waals surface area contributed by atoms with Crippen molar-refractivity contribution in [2.75, 3.05) is 13.2 Å². The van der Waals surface area contributed by atoms with Gasteiger partial charge in [0.1, 0.15) is 12.4 Å². The van der Waals surface area contributed by atoms with Gasteiger partial charge in [0.05, 0.1) is 17.5 Å². The first-order chi connectivity index (χ1) is 11.1. The molecule has 2 aromatic rings. The van der Waals surface area contributed by atoms with E-state index in [-0.39, 0.29) is 24.4 Å². The van der Waals surface area contributed by atoms with E-state index in [1.807, 2.05) is 42.6 Å². The number of carbonyl (C=O) groups is 2. The molecule has 1 atom stereocenters. The second-order valence-corrected chi connectivity index (χ2v) is 6.40. The second-order valence-electron chi connectivity index (χ2n) is 5.45. The number of carbonyl (C=O) groups excluding carboxylic acids is 2. The van der Waals surface area contributed by atoms with Crippen molar-refractivity contribution in [3.8, 4) is 5.75 Å². The van der Waals surface area contributed by atoms with Crippen LogP contribution in [0.4, 0.5) is 0 Å². The normalized spacial score (nSPS) is 16.9. The lowest BCUT2D eigenvalue weighted by Gasteiger charge is -2.26. The van der Waals surface area contributed by atoms with Gasteiger partial charge in [-0.15, -0.1) is 11.3 Å². The molecule has 2 amide bonds. The minimum atomic E-state index is -0.215. The van der Waals surface area contributed by atoms with Gasteiger partial charge in [0, 0.05) is 12.1 Å². The summed E-state index contributed by atoms with van der Waals surface area (Å²) in [6, 6.07) is 11.2. The quantitative estimate of drug-likeness (QED) is 0.939. The summed E-state index contributed by atoms with van der Waals surface area (Å²) in [5, 5.41) is 4.52. The van der Waals surface area contributed by atoms with Crippen LogP contribution in [-0.4, -0.2) is 35.9 Å². The Morgan fingerprint density at radius 3 is 2.91 bits per heavy atom. The first kappa shape index (κ1) is 15.6. The van der Waals surface area contributed by atoms with Crippen molar-refractivity contribution in [1.29, 1.82) is 0 Å². The number of fused-ring (bicyclic) bond motifs is 1. The second kappa shape index (κ2) is 6.83. The van der Waals surface area contributed by atoms with E-state index in [0.717, 1.165) is 11.3 Å². The zero-order valence-corrected chi connectivity index (χ0v) is 13.6. The van der Waals surface area contributed by atoms with E-state index < -0.39 is 0 Å². The lowest BCUT2D eigenvalue weighted by molar-refractivity contribution is -0.133. The van der Waals surface area contributed by atoms with Crippen LogP contribution in [0.5, 0.6) is 5.75 Å². The first-order valence-electron chi connectivity index (χ1n) is 7.47. The van der Waals surface area contributed by atoms with Crippen molar-refractivity contribution < 1.29 is 14.3 Å². The number of hydrogen-bond acceptors (Lipinski definition) is 4. The fourth-order valence-corrected chi connectivity index (χ4v) is 3.14. The van der Waals surface area contributed by atoms with Crippen LogP contribution in [0.15, 0.2) is 41.8 Å². The Morgan fingerprint density at radius 1 is 1.30 bits per heavy atom. The molecule has 1 N–H and O–H groups in total. The van der Waals surface area contributed by atoms with Crippen LogP contribution >= 0.6 is 11.3 Å². The third kappa shape index (κ3) is 3.53. The van der Waals surface area contributed by atoms with E-state index >= 15 is 0 Å². The first-order valence-corrected chi connectivity index (χ1v) is 8.35. The SMILES string of the molecule is C[C@@H]1COc2ccccc2CN1C(=O)CNC(=O)c1cccs1. The highest BCUT2D eigenvalue weighted by molar-refractivity contribution is 7.12. The largest absolute Gasteiger partial charge is 0.491 e. The molecule has 0 aliphatic carbocycles. The minimum absolute atomic E-state index is 0.0107. The summed E-state index contributed by atoms with van der Waals surface area (Å²) in [7, 11) is 0. The lowest BCUT2D eigenvalue weighted by atomic mass is 10.2. The van der Waals surface area contributed by atoms with Crippen molar-refractivity contribution in [2.24, 2.45) is 0 Å². The Kier molecular flexibility index (Phi) is 4.62. The van der Waals surface area contributed by atoms with Crippen LogP contribution in [0.25, 0.3) is 0 Å². The highest BCUT2D eigenvalue weighted by Gasteiger charge is 2.25. The highest BCUT2D eigenvalue weighted by Crippen LogP contribution is 2.24. The highest BCUT2D eigenvalue weighted by atomic mass is 32.1. The van der Waals surface area contributed by atoms with E-state index in [2.05, 4.69) is 5.32 Å². The average molecular weight is 330 g/mol. The molecule has 0 saturated carbocycles. The number of nitrogens with zero attached hydrogens (tertiary/aromatic N) is 1. The Bertz CT molecular complexity index is 700. The van der Waals surface area contributed by atoms with Gasteiger partial charge in [0.2, 0.25) is 5.91 Å².